The van der Waals surface area contributed by atoms with Crippen LogP contribution in [-0.2, 0) is 11.9 Å². The van der Waals surface area contributed by atoms with Gasteiger partial charge in [0.25, 0.3) is 5.56 Å². The van der Waals surface area contributed by atoms with E-state index in [9.17, 15) is 18.0 Å². The number of hydrogen-bond acceptors (Lipinski definition) is 6. The average Bonchev–Trinajstić information content (AvgIpc) is 2.91. The fourth-order valence-electron chi connectivity index (χ4n) is 1.42. The molecule has 2 aromatic heterocycles. The van der Waals surface area contributed by atoms with Gasteiger partial charge in [-0.15, -0.1) is 5.10 Å². The molecule has 0 aliphatic carbocycles. The Bertz CT molecular complexity index is 751. The van der Waals surface area contributed by atoms with Gasteiger partial charge in [-0.3, -0.25) is 4.79 Å². The van der Waals surface area contributed by atoms with Crippen LogP contribution in [-0.4, -0.2) is 25.6 Å². The molecule has 0 saturated carbocycles. The molecule has 2 rings (SSSR count). The van der Waals surface area contributed by atoms with Crippen LogP contribution < -0.4 is 5.56 Å². The number of thioether (sulfide) groups is 1. The number of rotatable bonds is 3. The number of nitriles is 1. The van der Waals surface area contributed by atoms with Crippen LogP contribution in [0.3, 0.4) is 0 Å². The summed E-state index contributed by atoms with van der Waals surface area (Å²) in [4.78, 5) is 13.6. The number of nitrogens with zero attached hydrogens (tertiary/aromatic N) is 4. The van der Waals surface area contributed by atoms with Crippen LogP contribution in [0.5, 0.6) is 0 Å². The first-order chi connectivity index (χ1) is 9.84. The first kappa shape index (κ1) is 15.3. The molecule has 0 bridgehead atoms. The number of nitrogens with one attached hydrogen (secondary N) is 2. The van der Waals surface area contributed by atoms with E-state index in [0.717, 1.165) is 11.8 Å². The number of halogens is 4. The lowest BCUT2D eigenvalue weighted by atomic mass is 10.1. The quantitative estimate of drug-likeness (QED) is 0.826. The van der Waals surface area contributed by atoms with E-state index in [-0.39, 0.29) is 16.6 Å². The van der Waals surface area contributed by atoms with Crippen molar-refractivity contribution in [2.24, 2.45) is 0 Å². The molecule has 0 radical (unpaired) electrons. The van der Waals surface area contributed by atoms with Crippen LogP contribution in [0.4, 0.5) is 13.2 Å². The Morgan fingerprint density at radius 1 is 1.43 bits per heavy atom. The van der Waals surface area contributed by atoms with Crippen molar-refractivity contribution in [3.63, 3.8) is 0 Å². The number of hydrogen-bond donors (Lipinski definition) is 2. The van der Waals surface area contributed by atoms with Crippen LogP contribution in [0.1, 0.15) is 17.0 Å². The number of tetrazole rings is 1. The Hall–Kier alpha value is -2.06. The predicted octanol–water partition coefficient (Wildman–Crippen LogP) is 1.72. The summed E-state index contributed by atoms with van der Waals surface area (Å²) in [5.41, 5.74) is -3.32. The largest absolute Gasteiger partial charge is 0.419 e. The second kappa shape index (κ2) is 5.74. The van der Waals surface area contributed by atoms with Crippen molar-refractivity contribution >= 4 is 23.4 Å². The van der Waals surface area contributed by atoms with Crippen molar-refractivity contribution in [2.75, 3.05) is 0 Å². The van der Waals surface area contributed by atoms with Crippen LogP contribution in [0.25, 0.3) is 0 Å². The lowest BCUT2D eigenvalue weighted by Crippen LogP contribution is -2.19. The van der Waals surface area contributed by atoms with Gasteiger partial charge in [-0.2, -0.15) is 18.4 Å². The Labute approximate surface area is 123 Å². The highest BCUT2D eigenvalue weighted by Gasteiger charge is 2.39. The third-order valence-corrected chi connectivity index (χ3v) is 3.63. The van der Waals surface area contributed by atoms with Gasteiger partial charge in [0.15, 0.2) is 5.82 Å². The number of H-pyrrole nitrogens is 2. The monoisotopic (exact) mass is 336 g/mol. The topological polar surface area (TPSA) is 111 Å². The summed E-state index contributed by atoms with van der Waals surface area (Å²) in [5, 5.41) is 20.1. The van der Waals surface area contributed by atoms with E-state index in [2.05, 4.69) is 25.6 Å². The Kier molecular flexibility index (Phi) is 4.19. The van der Waals surface area contributed by atoms with Gasteiger partial charge in [0, 0.05) is 0 Å². The SMILES string of the molecule is N#Cc1c(SCc2nnn[nH]2)[nH]c(=O)c(Cl)c1C(F)(F)F. The molecule has 0 unspecified atom stereocenters. The fraction of sp³-hybridized carbons (Fsp3) is 0.222. The normalized spacial score (nSPS) is 11.4. The molecule has 110 valence electrons. The summed E-state index contributed by atoms with van der Waals surface area (Å²) in [6.45, 7) is 0. The zero-order valence-electron chi connectivity index (χ0n) is 9.82. The lowest BCUT2D eigenvalue weighted by Gasteiger charge is -2.12. The van der Waals surface area contributed by atoms with Gasteiger partial charge in [-0.1, -0.05) is 23.4 Å². The summed E-state index contributed by atoms with van der Waals surface area (Å²) in [6, 6.07) is 1.41. The predicted molar refractivity (Wildman–Crippen MR) is 65.5 cm³/mol. The third-order valence-electron chi connectivity index (χ3n) is 2.26. The molecule has 2 aromatic rings. The molecule has 12 heteroatoms. The molecule has 21 heavy (non-hydrogen) atoms. The van der Waals surface area contributed by atoms with E-state index in [1.54, 1.807) is 0 Å². The van der Waals surface area contributed by atoms with Gasteiger partial charge in [0.1, 0.15) is 16.7 Å². The minimum atomic E-state index is -4.92. The molecule has 7 nitrogen and oxygen atoms in total. The Morgan fingerprint density at radius 2 is 2.14 bits per heavy atom. The Balaban J connectivity index is 2.49. The van der Waals surface area contributed by atoms with Crippen molar-refractivity contribution in [3.8, 4) is 6.07 Å². The van der Waals surface area contributed by atoms with Gasteiger partial charge in [-0.25, -0.2) is 5.10 Å². The number of pyridine rings is 1. The number of aromatic amines is 2. The zero-order chi connectivity index (χ0) is 15.6. The maximum atomic E-state index is 12.9. The minimum absolute atomic E-state index is 0.0382. The zero-order valence-corrected chi connectivity index (χ0v) is 11.4. The van der Waals surface area contributed by atoms with E-state index in [0.29, 0.717) is 0 Å². The van der Waals surface area contributed by atoms with Crippen molar-refractivity contribution in [1.29, 1.82) is 5.26 Å². The van der Waals surface area contributed by atoms with E-state index in [1.165, 1.54) is 6.07 Å². The Morgan fingerprint density at radius 3 is 2.67 bits per heavy atom. The van der Waals surface area contributed by atoms with E-state index >= 15 is 0 Å². The molecule has 0 amide bonds. The molecule has 0 fully saturated rings. The van der Waals surface area contributed by atoms with Crippen molar-refractivity contribution in [1.82, 2.24) is 25.6 Å². The standard InChI is InChI=1S/C9H4ClF3N6OS/c10-6-5(9(11,12)13)3(1-14)8(15-7(6)20)21-2-4-16-18-19-17-4/h2H2,(H,15,20)(H,16,17,18,19). The maximum absolute atomic E-state index is 12.9. The third kappa shape index (κ3) is 3.17. The van der Waals surface area contributed by atoms with Crippen LogP contribution in [0, 0.1) is 11.3 Å². The molecule has 0 aliphatic heterocycles. The minimum Gasteiger partial charge on any atom is -0.315 e. The van der Waals surface area contributed by atoms with Crippen molar-refractivity contribution in [2.45, 2.75) is 17.0 Å². The van der Waals surface area contributed by atoms with Gasteiger partial charge < -0.3 is 4.98 Å². The smallest absolute Gasteiger partial charge is 0.315 e. The van der Waals surface area contributed by atoms with Gasteiger partial charge in [0.05, 0.1) is 16.3 Å². The molecule has 0 aliphatic rings. The second-order valence-electron chi connectivity index (χ2n) is 3.59. The summed E-state index contributed by atoms with van der Waals surface area (Å²) in [7, 11) is 0. The fourth-order valence-corrected chi connectivity index (χ4v) is 2.53. The molecule has 0 spiro atoms. The number of aromatic nitrogens is 5. The highest BCUT2D eigenvalue weighted by Crippen LogP contribution is 2.38. The average molecular weight is 337 g/mol. The molecule has 2 N–H and O–H groups in total. The summed E-state index contributed by atoms with van der Waals surface area (Å²) in [6.07, 6.45) is -4.92. The number of alkyl halides is 3. The molecule has 0 atom stereocenters. The van der Waals surface area contributed by atoms with Crippen molar-refractivity contribution < 1.29 is 13.2 Å². The highest BCUT2D eigenvalue weighted by atomic mass is 35.5. The highest BCUT2D eigenvalue weighted by molar-refractivity contribution is 7.98. The molecule has 0 saturated heterocycles. The van der Waals surface area contributed by atoms with E-state index in [4.69, 9.17) is 16.9 Å². The van der Waals surface area contributed by atoms with E-state index in [1.807, 2.05) is 0 Å². The van der Waals surface area contributed by atoms with Crippen molar-refractivity contribution in [3.05, 3.63) is 32.3 Å². The van der Waals surface area contributed by atoms with Gasteiger partial charge >= 0.3 is 6.18 Å². The molecular formula is C9H4ClF3N6OS. The molecular weight excluding hydrogens is 333 g/mol. The maximum Gasteiger partial charge on any atom is 0.419 e. The van der Waals surface area contributed by atoms with Crippen LogP contribution in [0.15, 0.2) is 9.82 Å². The first-order valence-electron chi connectivity index (χ1n) is 5.13. The van der Waals surface area contributed by atoms with E-state index < -0.39 is 27.9 Å². The summed E-state index contributed by atoms with van der Waals surface area (Å²) < 4.78 is 38.8. The van der Waals surface area contributed by atoms with Crippen LogP contribution >= 0.6 is 23.4 Å². The van der Waals surface area contributed by atoms with Gasteiger partial charge in [-0.05, 0) is 10.4 Å². The molecule has 2 heterocycles. The summed E-state index contributed by atoms with van der Waals surface area (Å²) in [5.74, 6) is 0.310. The molecule has 0 aromatic carbocycles. The van der Waals surface area contributed by atoms with Crippen LogP contribution in [0.2, 0.25) is 5.02 Å². The lowest BCUT2D eigenvalue weighted by molar-refractivity contribution is -0.138. The second-order valence-corrected chi connectivity index (χ2v) is 4.96. The van der Waals surface area contributed by atoms with Gasteiger partial charge in [0.2, 0.25) is 0 Å². The summed E-state index contributed by atoms with van der Waals surface area (Å²) >= 11 is 6.14. The first-order valence-corrected chi connectivity index (χ1v) is 6.49.